The molecule has 1 aromatic carbocycles. The quantitative estimate of drug-likeness (QED) is 0.833. The molecule has 0 bridgehead atoms. The molecule has 2 aliphatic rings. The van der Waals surface area contributed by atoms with Crippen LogP contribution in [0.15, 0.2) is 18.2 Å². The van der Waals surface area contributed by atoms with Gasteiger partial charge in [-0.3, -0.25) is 4.79 Å². The maximum absolute atomic E-state index is 13.8. The first kappa shape index (κ1) is 17.2. The first-order chi connectivity index (χ1) is 11.3. The maximum atomic E-state index is 13.8. The number of hydrogen-bond acceptors (Lipinski definition) is 4. The van der Waals surface area contributed by atoms with Crippen molar-refractivity contribution in [3.8, 4) is 0 Å². The van der Waals surface area contributed by atoms with Gasteiger partial charge in [-0.15, -0.1) is 0 Å². The van der Waals surface area contributed by atoms with Gasteiger partial charge in [0.1, 0.15) is 5.82 Å². The molecule has 1 heterocycles. The van der Waals surface area contributed by atoms with Crippen molar-refractivity contribution in [2.75, 3.05) is 35.7 Å². The van der Waals surface area contributed by atoms with Crippen molar-refractivity contribution < 1.29 is 17.6 Å². The largest absolute Gasteiger partial charge is 0.368 e. The second kappa shape index (κ2) is 6.02. The summed E-state index contributed by atoms with van der Waals surface area (Å²) < 4.78 is 36.9. The third kappa shape index (κ3) is 2.59. The van der Waals surface area contributed by atoms with E-state index < -0.39 is 26.3 Å². The van der Waals surface area contributed by atoms with Gasteiger partial charge < -0.3 is 9.80 Å². The smallest absolute Gasteiger partial charge is 0.248 e. The average molecular weight is 354 g/mol. The fraction of sp³-hybridized carbons (Fsp3) is 0.588. The molecule has 0 spiro atoms. The Bertz CT molecular complexity index is 759. The lowest BCUT2D eigenvalue weighted by molar-refractivity contribution is -0.123. The Kier molecular flexibility index (Phi) is 4.32. The number of nitrogens with zero attached hydrogens (tertiary/aromatic N) is 2. The van der Waals surface area contributed by atoms with E-state index >= 15 is 0 Å². The number of carbonyl (C=O) groups is 1. The van der Waals surface area contributed by atoms with E-state index in [1.165, 1.54) is 17.0 Å². The molecule has 1 aliphatic heterocycles. The second-order valence-corrected chi connectivity index (χ2v) is 9.02. The molecule has 0 N–H and O–H groups in total. The van der Waals surface area contributed by atoms with Crippen molar-refractivity contribution in [1.29, 1.82) is 0 Å². The summed E-state index contributed by atoms with van der Waals surface area (Å²) >= 11 is 0. The van der Waals surface area contributed by atoms with E-state index in [0.717, 1.165) is 31.3 Å². The summed E-state index contributed by atoms with van der Waals surface area (Å²) in [4.78, 5) is 16.7. The van der Waals surface area contributed by atoms with Gasteiger partial charge in [-0.2, -0.15) is 0 Å². The predicted octanol–water partition coefficient (Wildman–Crippen LogP) is 2.36. The monoisotopic (exact) mass is 354 g/mol. The van der Waals surface area contributed by atoms with Crippen LogP contribution in [0.5, 0.6) is 0 Å². The van der Waals surface area contributed by atoms with E-state index in [9.17, 15) is 17.6 Å². The van der Waals surface area contributed by atoms with Crippen molar-refractivity contribution in [2.45, 2.75) is 37.4 Å². The Morgan fingerprint density at radius 2 is 1.96 bits per heavy atom. The minimum Gasteiger partial charge on any atom is -0.368 e. The summed E-state index contributed by atoms with van der Waals surface area (Å²) in [6.45, 7) is 3.89. The van der Waals surface area contributed by atoms with Crippen LogP contribution in [0.25, 0.3) is 0 Å². The molecule has 24 heavy (non-hydrogen) atoms. The zero-order valence-corrected chi connectivity index (χ0v) is 14.9. The van der Waals surface area contributed by atoms with Gasteiger partial charge in [0.25, 0.3) is 0 Å². The van der Waals surface area contributed by atoms with Crippen LogP contribution in [0.4, 0.5) is 15.8 Å². The molecule has 1 fully saturated rings. The molecule has 132 valence electrons. The zero-order chi connectivity index (χ0) is 17.5. The first-order valence-corrected chi connectivity index (χ1v) is 10.3. The summed E-state index contributed by atoms with van der Waals surface area (Å²) in [5.41, 5.74) is 1.27. The number of anilines is 2. The van der Waals surface area contributed by atoms with Crippen LogP contribution < -0.4 is 9.80 Å². The number of hydrogen-bond donors (Lipinski definition) is 0. The van der Waals surface area contributed by atoms with Gasteiger partial charge >= 0.3 is 0 Å². The maximum Gasteiger partial charge on any atom is 0.248 e. The van der Waals surface area contributed by atoms with Crippen LogP contribution >= 0.6 is 0 Å². The number of carbonyl (C=O) groups excluding carboxylic acids is 1. The number of benzene rings is 1. The second-order valence-electron chi connectivity index (χ2n) is 6.70. The number of amides is 1. The Hall–Kier alpha value is -1.63. The van der Waals surface area contributed by atoms with Crippen molar-refractivity contribution in [2.24, 2.45) is 0 Å². The normalized spacial score (nSPS) is 19.6. The minimum atomic E-state index is -3.51. The molecule has 7 heteroatoms. The van der Waals surface area contributed by atoms with Gasteiger partial charge in [0.15, 0.2) is 14.6 Å². The van der Waals surface area contributed by atoms with Crippen LogP contribution in [-0.2, 0) is 14.6 Å². The number of halogens is 1. The third-order valence-electron chi connectivity index (χ3n) is 5.16. The van der Waals surface area contributed by atoms with E-state index in [0.29, 0.717) is 31.6 Å². The summed E-state index contributed by atoms with van der Waals surface area (Å²) in [5, 5.41) is 0. The highest BCUT2D eigenvalue weighted by Crippen LogP contribution is 2.43. The SMILES string of the molecule is CCCN1CCN(C(=O)C2(S(C)(=O)=O)CCC2)c2cc(F)ccc21. The fourth-order valence-corrected chi connectivity index (χ4v) is 5.10. The molecule has 0 aromatic heterocycles. The third-order valence-corrected chi connectivity index (χ3v) is 7.16. The molecule has 0 saturated heterocycles. The molecule has 1 saturated carbocycles. The van der Waals surface area contributed by atoms with Crippen molar-refractivity contribution in [1.82, 2.24) is 0 Å². The van der Waals surface area contributed by atoms with E-state index in [-0.39, 0.29) is 0 Å². The Morgan fingerprint density at radius 3 is 2.50 bits per heavy atom. The standard InChI is InChI=1S/C17H23FN2O3S/c1-3-9-19-10-11-20(15-12-13(18)5-6-14(15)19)16(21)17(7-4-8-17)24(2,22)23/h5-6,12H,3-4,7-11H2,1-2H3. The van der Waals surface area contributed by atoms with Crippen LogP contribution in [-0.4, -0.2) is 45.0 Å². The number of rotatable bonds is 4. The lowest BCUT2D eigenvalue weighted by Gasteiger charge is -2.45. The summed E-state index contributed by atoms with van der Waals surface area (Å²) in [6, 6.07) is 4.39. The van der Waals surface area contributed by atoms with Gasteiger partial charge in [0.2, 0.25) is 5.91 Å². The molecular weight excluding hydrogens is 331 g/mol. The van der Waals surface area contributed by atoms with Crippen molar-refractivity contribution in [3.63, 3.8) is 0 Å². The Balaban J connectivity index is 2.02. The molecule has 3 rings (SSSR count). The molecule has 0 unspecified atom stereocenters. The van der Waals surface area contributed by atoms with Gasteiger partial charge in [-0.25, -0.2) is 12.8 Å². The van der Waals surface area contributed by atoms with Gasteiger partial charge in [0, 0.05) is 25.9 Å². The lowest BCUT2D eigenvalue weighted by atomic mass is 9.82. The lowest BCUT2D eigenvalue weighted by Crippen LogP contribution is -2.60. The van der Waals surface area contributed by atoms with Crippen LogP contribution in [0.1, 0.15) is 32.6 Å². The van der Waals surface area contributed by atoms with Crippen molar-refractivity contribution in [3.05, 3.63) is 24.0 Å². The molecular formula is C17H23FN2O3S. The summed E-state index contributed by atoms with van der Waals surface area (Å²) in [5.74, 6) is -0.828. The highest BCUT2D eigenvalue weighted by atomic mass is 32.2. The van der Waals surface area contributed by atoms with Gasteiger partial charge in [-0.05, 0) is 43.9 Å². The van der Waals surface area contributed by atoms with Crippen LogP contribution in [0, 0.1) is 5.82 Å². The van der Waals surface area contributed by atoms with E-state index in [4.69, 9.17) is 0 Å². The van der Waals surface area contributed by atoms with Gasteiger partial charge in [0.05, 0.1) is 11.4 Å². The first-order valence-electron chi connectivity index (χ1n) is 8.36. The van der Waals surface area contributed by atoms with Gasteiger partial charge in [-0.1, -0.05) is 6.92 Å². The summed E-state index contributed by atoms with van der Waals surface area (Å²) in [6.07, 6.45) is 3.50. The summed E-state index contributed by atoms with van der Waals surface area (Å²) in [7, 11) is -3.51. The number of fused-ring (bicyclic) bond motifs is 1. The van der Waals surface area contributed by atoms with E-state index in [1.54, 1.807) is 6.07 Å². The Labute approximate surface area is 142 Å². The van der Waals surface area contributed by atoms with Crippen LogP contribution in [0.2, 0.25) is 0 Å². The Morgan fingerprint density at radius 1 is 1.25 bits per heavy atom. The van der Waals surface area contributed by atoms with E-state index in [1.807, 2.05) is 0 Å². The molecule has 1 aliphatic carbocycles. The van der Waals surface area contributed by atoms with Crippen molar-refractivity contribution >= 4 is 27.1 Å². The highest BCUT2D eigenvalue weighted by Gasteiger charge is 2.55. The molecule has 0 radical (unpaired) electrons. The average Bonchev–Trinajstić information content (AvgIpc) is 2.44. The van der Waals surface area contributed by atoms with E-state index in [2.05, 4.69) is 11.8 Å². The highest BCUT2D eigenvalue weighted by molar-refractivity contribution is 7.93. The molecule has 5 nitrogen and oxygen atoms in total. The molecule has 0 atom stereocenters. The molecule has 1 amide bonds. The fourth-order valence-electron chi connectivity index (χ4n) is 3.64. The zero-order valence-electron chi connectivity index (χ0n) is 14.1. The number of sulfone groups is 1. The minimum absolute atomic E-state index is 0.352. The molecule has 1 aromatic rings. The predicted molar refractivity (Wildman–Crippen MR) is 92.7 cm³/mol. The van der Waals surface area contributed by atoms with Crippen LogP contribution in [0.3, 0.4) is 0 Å². The topological polar surface area (TPSA) is 57.7 Å².